The topological polar surface area (TPSA) is 75.4 Å². The number of nitrogens with two attached hydrogens (primary N) is 1. The standard InChI is InChI=1S/C14H20ClN3O2/c1-3-5-8-18(4-2)14(20)17-10-6-7-12(15)11(9-10)13(16)19/h6-7,9H,3-5,8H2,1-2H3,(H2,16,19)(H,17,20). The van der Waals surface area contributed by atoms with E-state index in [9.17, 15) is 9.59 Å². The number of rotatable bonds is 6. The van der Waals surface area contributed by atoms with Gasteiger partial charge in [-0.25, -0.2) is 4.79 Å². The first-order valence-electron chi connectivity index (χ1n) is 6.64. The van der Waals surface area contributed by atoms with Crippen LogP contribution in [0.1, 0.15) is 37.0 Å². The first kappa shape index (κ1) is 16.3. The van der Waals surface area contributed by atoms with Crippen LogP contribution in [0.15, 0.2) is 18.2 Å². The van der Waals surface area contributed by atoms with E-state index in [1.807, 2.05) is 6.92 Å². The largest absolute Gasteiger partial charge is 0.366 e. The van der Waals surface area contributed by atoms with Gasteiger partial charge in [0.2, 0.25) is 5.91 Å². The van der Waals surface area contributed by atoms with E-state index in [1.165, 1.54) is 6.07 Å². The molecule has 0 saturated heterocycles. The van der Waals surface area contributed by atoms with Crippen molar-refractivity contribution in [1.82, 2.24) is 4.90 Å². The molecule has 20 heavy (non-hydrogen) atoms. The fourth-order valence-corrected chi connectivity index (χ4v) is 1.96. The van der Waals surface area contributed by atoms with E-state index in [0.717, 1.165) is 12.8 Å². The van der Waals surface area contributed by atoms with Crippen LogP contribution in [0.25, 0.3) is 0 Å². The summed E-state index contributed by atoms with van der Waals surface area (Å²) in [6.45, 7) is 5.33. The molecule has 0 radical (unpaired) electrons. The van der Waals surface area contributed by atoms with Gasteiger partial charge in [0.05, 0.1) is 10.6 Å². The summed E-state index contributed by atoms with van der Waals surface area (Å²) in [6, 6.07) is 4.47. The average molecular weight is 298 g/mol. The number of nitrogens with zero attached hydrogens (tertiary/aromatic N) is 1. The van der Waals surface area contributed by atoms with Gasteiger partial charge in [0.1, 0.15) is 0 Å². The molecule has 6 heteroatoms. The van der Waals surface area contributed by atoms with Gasteiger partial charge in [0, 0.05) is 18.8 Å². The molecule has 3 N–H and O–H groups in total. The minimum Gasteiger partial charge on any atom is -0.366 e. The minimum absolute atomic E-state index is 0.195. The highest BCUT2D eigenvalue weighted by atomic mass is 35.5. The number of carbonyl (C=O) groups excluding carboxylic acids is 2. The van der Waals surface area contributed by atoms with Gasteiger partial charge < -0.3 is 16.0 Å². The van der Waals surface area contributed by atoms with Crippen molar-refractivity contribution in [3.05, 3.63) is 28.8 Å². The summed E-state index contributed by atoms with van der Waals surface area (Å²) in [5, 5.41) is 3.02. The maximum absolute atomic E-state index is 12.1. The molecule has 1 aromatic carbocycles. The van der Waals surface area contributed by atoms with Gasteiger partial charge in [-0.1, -0.05) is 24.9 Å². The predicted octanol–water partition coefficient (Wildman–Crippen LogP) is 3.09. The van der Waals surface area contributed by atoms with Crippen LogP contribution in [-0.4, -0.2) is 29.9 Å². The average Bonchev–Trinajstić information content (AvgIpc) is 2.41. The first-order chi connectivity index (χ1) is 9.49. The van der Waals surface area contributed by atoms with E-state index in [-0.39, 0.29) is 16.6 Å². The molecule has 0 aliphatic heterocycles. The summed E-state index contributed by atoms with van der Waals surface area (Å²) < 4.78 is 0. The Balaban J connectivity index is 2.79. The number of hydrogen-bond acceptors (Lipinski definition) is 2. The zero-order valence-electron chi connectivity index (χ0n) is 11.8. The number of hydrogen-bond donors (Lipinski definition) is 2. The number of unbranched alkanes of at least 4 members (excludes halogenated alkanes) is 1. The number of urea groups is 1. The Morgan fingerprint density at radius 3 is 2.60 bits per heavy atom. The van der Waals surface area contributed by atoms with Gasteiger partial charge in [-0.3, -0.25) is 4.79 Å². The van der Waals surface area contributed by atoms with Crippen molar-refractivity contribution >= 4 is 29.2 Å². The number of benzene rings is 1. The Hall–Kier alpha value is -1.75. The summed E-state index contributed by atoms with van der Waals surface area (Å²) in [4.78, 5) is 25.0. The number of carbonyl (C=O) groups is 2. The van der Waals surface area contributed by atoms with Gasteiger partial charge in [-0.2, -0.15) is 0 Å². The highest BCUT2D eigenvalue weighted by Crippen LogP contribution is 2.20. The molecule has 3 amide bonds. The van der Waals surface area contributed by atoms with Crippen LogP contribution >= 0.6 is 11.6 Å². The molecular formula is C14H20ClN3O2. The van der Waals surface area contributed by atoms with E-state index in [2.05, 4.69) is 12.2 Å². The summed E-state index contributed by atoms with van der Waals surface area (Å²) in [5.74, 6) is -0.621. The van der Waals surface area contributed by atoms with Crippen molar-refractivity contribution in [2.45, 2.75) is 26.7 Å². The third kappa shape index (κ3) is 4.42. The molecule has 0 aliphatic carbocycles. The Bertz CT molecular complexity index is 491. The molecular weight excluding hydrogens is 278 g/mol. The second kappa shape index (κ2) is 7.75. The van der Waals surface area contributed by atoms with E-state index < -0.39 is 5.91 Å². The molecule has 0 fully saturated rings. The molecule has 0 aromatic heterocycles. The molecule has 0 spiro atoms. The molecule has 1 rings (SSSR count). The van der Waals surface area contributed by atoms with Gasteiger partial charge in [0.25, 0.3) is 0 Å². The molecule has 5 nitrogen and oxygen atoms in total. The zero-order valence-corrected chi connectivity index (χ0v) is 12.5. The minimum atomic E-state index is -0.621. The normalized spacial score (nSPS) is 10.2. The van der Waals surface area contributed by atoms with Crippen molar-refractivity contribution in [2.75, 3.05) is 18.4 Å². The van der Waals surface area contributed by atoms with Gasteiger partial charge in [-0.05, 0) is 31.5 Å². The number of amides is 3. The maximum atomic E-state index is 12.1. The lowest BCUT2D eigenvalue weighted by molar-refractivity contribution is 0.100. The lowest BCUT2D eigenvalue weighted by Gasteiger charge is -2.21. The molecule has 0 unspecified atom stereocenters. The molecule has 1 aromatic rings. The predicted molar refractivity (Wildman–Crippen MR) is 81.1 cm³/mol. The molecule has 0 saturated carbocycles. The van der Waals surface area contributed by atoms with Gasteiger partial charge in [-0.15, -0.1) is 0 Å². The lowest BCUT2D eigenvalue weighted by atomic mass is 10.2. The van der Waals surface area contributed by atoms with E-state index in [1.54, 1.807) is 17.0 Å². The smallest absolute Gasteiger partial charge is 0.321 e. The number of nitrogens with one attached hydrogen (secondary N) is 1. The van der Waals surface area contributed by atoms with Crippen LogP contribution in [0.3, 0.4) is 0 Å². The number of halogens is 1. The lowest BCUT2D eigenvalue weighted by Crippen LogP contribution is -2.35. The van der Waals surface area contributed by atoms with Crippen LogP contribution in [0.5, 0.6) is 0 Å². The van der Waals surface area contributed by atoms with E-state index in [4.69, 9.17) is 17.3 Å². The highest BCUT2D eigenvalue weighted by molar-refractivity contribution is 6.33. The fraction of sp³-hybridized carbons (Fsp3) is 0.429. The Morgan fingerprint density at radius 1 is 1.35 bits per heavy atom. The van der Waals surface area contributed by atoms with Crippen molar-refractivity contribution in [1.29, 1.82) is 0 Å². The summed E-state index contributed by atoms with van der Waals surface area (Å²) in [6.07, 6.45) is 1.98. The second-order valence-electron chi connectivity index (χ2n) is 4.42. The monoisotopic (exact) mass is 297 g/mol. The van der Waals surface area contributed by atoms with Gasteiger partial charge in [0.15, 0.2) is 0 Å². The Morgan fingerprint density at radius 2 is 2.05 bits per heavy atom. The molecule has 0 bridgehead atoms. The summed E-state index contributed by atoms with van der Waals surface area (Å²) in [5.41, 5.74) is 5.92. The van der Waals surface area contributed by atoms with Crippen LogP contribution in [0.2, 0.25) is 5.02 Å². The van der Waals surface area contributed by atoms with Crippen molar-refractivity contribution in [2.24, 2.45) is 5.73 Å². The third-order valence-corrected chi connectivity index (χ3v) is 3.26. The fourth-order valence-electron chi connectivity index (χ4n) is 1.75. The van der Waals surface area contributed by atoms with Crippen LogP contribution in [0.4, 0.5) is 10.5 Å². The number of anilines is 1. The van der Waals surface area contributed by atoms with Crippen molar-refractivity contribution < 1.29 is 9.59 Å². The molecule has 110 valence electrons. The van der Waals surface area contributed by atoms with E-state index >= 15 is 0 Å². The SMILES string of the molecule is CCCCN(CC)C(=O)Nc1ccc(Cl)c(C(N)=O)c1. The molecule has 0 heterocycles. The molecule has 0 atom stereocenters. The van der Waals surface area contributed by atoms with Crippen LogP contribution in [0, 0.1) is 0 Å². The van der Waals surface area contributed by atoms with Gasteiger partial charge >= 0.3 is 6.03 Å². The first-order valence-corrected chi connectivity index (χ1v) is 7.02. The maximum Gasteiger partial charge on any atom is 0.321 e. The summed E-state index contributed by atoms with van der Waals surface area (Å²) in [7, 11) is 0. The van der Waals surface area contributed by atoms with Crippen LogP contribution < -0.4 is 11.1 Å². The Kier molecular flexibility index (Phi) is 6.31. The molecule has 0 aliphatic rings. The second-order valence-corrected chi connectivity index (χ2v) is 4.83. The van der Waals surface area contributed by atoms with Crippen molar-refractivity contribution in [3.63, 3.8) is 0 Å². The van der Waals surface area contributed by atoms with Crippen LogP contribution in [-0.2, 0) is 0 Å². The number of primary amides is 1. The summed E-state index contributed by atoms with van der Waals surface area (Å²) >= 11 is 5.86. The Labute approximate surface area is 124 Å². The van der Waals surface area contributed by atoms with E-state index in [0.29, 0.717) is 18.8 Å². The third-order valence-electron chi connectivity index (χ3n) is 2.93. The zero-order chi connectivity index (χ0) is 15.1. The highest BCUT2D eigenvalue weighted by Gasteiger charge is 2.13. The van der Waals surface area contributed by atoms with Crippen molar-refractivity contribution in [3.8, 4) is 0 Å². The quantitative estimate of drug-likeness (QED) is 0.846.